The van der Waals surface area contributed by atoms with Crippen molar-refractivity contribution in [1.29, 1.82) is 0 Å². The molecule has 1 aliphatic carbocycles. The van der Waals surface area contributed by atoms with Gasteiger partial charge in [0.1, 0.15) is 0 Å². The van der Waals surface area contributed by atoms with Crippen molar-refractivity contribution in [2.75, 3.05) is 0 Å². The lowest BCUT2D eigenvalue weighted by molar-refractivity contribution is -0.384. The van der Waals surface area contributed by atoms with E-state index in [2.05, 4.69) is 14.9 Å². The van der Waals surface area contributed by atoms with Crippen LogP contribution >= 0.6 is 11.3 Å². The van der Waals surface area contributed by atoms with Crippen LogP contribution in [-0.2, 0) is 0 Å². The fourth-order valence-corrected chi connectivity index (χ4v) is 4.95. The zero-order chi connectivity index (χ0) is 20.1. The standard InChI is InChI=1S/C22H24N4O2S/c27-26(28)20-12-6-8-17(14-20)21-16-29-22(24-18-9-7-13-23-15-18)25(21)19-10-4-2-1-3-5-11-19/h6-9,12-16,19H,1-5,10-11H2. The molecule has 29 heavy (non-hydrogen) atoms. The molecule has 1 fully saturated rings. The average molecular weight is 409 g/mol. The van der Waals surface area contributed by atoms with E-state index in [0.717, 1.165) is 34.6 Å². The van der Waals surface area contributed by atoms with Gasteiger partial charge in [-0.05, 0) is 25.0 Å². The van der Waals surface area contributed by atoms with Crippen LogP contribution in [0.5, 0.6) is 0 Å². The van der Waals surface area contributed by atoms with Crippen molar-refractivity contribution in [3.8, 4) is 11.3 Å². The minimum absolute atomic E-state index is 0.115. The first kappa shape index (κ1) is 19.5. The van der Waals surface area contributed by atoms with Crippen LogP contribution in [0, 0.1) is 10.1 Å². The summed E-state index contributed by atoms with van der Waals surface area (Å²) in [5.41, 5.74) is 2.81. The number of nitro benzene ring substituents is 1. The fourth-order valence-electron chi connectivity index (χ4n) is 3.97. The van der Waals surface area contributed by atoms with Crippen molar-refractivity contribution in [3.05, 3.63) is 69.1 Å². The quantitative estimate of drug-likeness (QED) is 0.390. The molecular formula is C22H24N4O2S. The van der Waals surface area contributed by atoms with Gasteiger partial charge in [-0.2, -0.15) is 0 Å². The molecule has 0 aliphatic heterocycles. The van der Waals surface area contributed by atoms with Crippen LogP contribution in [-0.4, -0.2) is 14.5 Å². The number of pyridine rings is 1. The lowest BCUT2D eigenvalue weighted by Gasteiger charge is -2.23. The molecule has 4 rings (SSSR count). The predicted molar refractivity (Wildman–Crippen MR) is 115 cm³/mol. The molecule has 6 nitrogen and oxygen atoms in total. The molecule has 150 valence electrons. The number of nitrogens with zero attached hydrogens (tertiary/aromatic N) is 4. The molecule has 0 unspecified atom stereocenters. The van der Waals surface area contributed by atoms with Gasteiger partial charge in [0.2, 0.25) is 0 Å². The third-order valence-electron chi connectivity index (χ3n) is 5.40. The lowest BCUT2D eigenvalue weighted by atomic mass is 9.96. The van der Waals surface area contributed by atoms with Gasteiger partial charge in [-0.25, -0.2) is 4.99 Å². The van der Waals surface area contributed by atoms with Crippen molar-refractivity contribution >= 4 is 22.7 Å². The molecule has 2 aromatic heterocycles. The molecule has 3 aromatic rings. The maximum absolute atomic E-state index is 11.3. The Hall–Kier alpha value is -2.80. The summed E-state index contributed by atoms with van der Waals surface area (Å²) < 4.78 is 2.31. The van der Waals surface area contributed by atoms with Crippen molar-refractivity contribution in [1.82, 2.24) is 9.55 Å². The number of nitro groups is 1. The van der Waals surface area contributed by atoms with Gasteiger partial charge in [-0.3, -0.25) is 15.1 Å². The number of thiazole rings is 1. The van der Waals surface area contributed by atoms with Crippen LogP contribution in [0.3, 0.4) is 0 Å². The molecule has 0 bridgehead atoms. The van der Waals surface area contributed by atoms with Crippen molar-refractivity contribution in [2.24, 2.45) is 4.99 Å². The zero-order valence-corrected chi connectivity index (χ0v) is 17.1. The van der Waals surface area contributed by atoms with Gasteiger partial charge in [0.25, 0.3) is 5.69 Å². The minimum Gasteiger partial charge on any atom is -0.313 e. The zero-order valence-electron chi connectivity index (χ0n) is 16.2. The van der Waals surface area contributed by atoms with Crippen LogP contribution in [0.2, 0.25) is 0 Å². The van der Waals surface area contributed by atoms with E-state index in [9.17, 15) is 10.1 Å². The van der Waals surface area contributed by atoms with E-state index in [1.807, 2.05) is 18.2 Å². The summed E-state index contributed by atoms with van der Waals surface area (Å²) in [6.45, 7) is 0. The summed E-state index contributed by atoms with van der Waals surface area (Å²) in [6, 6.07) is 11.1. The second-order valence-electron chi connectivity index (χ2n) is 7.40. The van der Waals surface area contributed by atoms with Gasteiger partial charge in [0.05, 0.1) is 22.5 Å². The molecule has 0 amide bonds. The number of non-ortho nitro benzene ring substituents is 1. The van der Waals surface area contributed by atoms with Crippen LogP contribution in [0.15, 0.2) is 59.2 Å². The van der Waals surface area contributed by atoms with Gasteiger partial charge in [-0.15, -0.1) is 11.3 Å². The SMILES string of the molecule is O=[N+]([O-])c1cccc(-c2csc(=Nc3cccnc3)n2C2CCCCCCC2)c1. The van der Waals surface area contributed by atoms with E-state index in [1.54, 1.807) is 35.9 Å². The molecule has 0 saturated heterocycles. The Kier molecular flexibility index (Phi) is 6.14. The molecule has 2 heterocycles. The van der Waals surface area contributed by atoms with E-state index in [-0.39, 0.29) is 10.6 Å². The van der Waals surface area contributed by atoms with Crippen LogP contribution in [0.1, 0.15) is 51.0 Å². The highest BCUT2D eigenvalue weighted by Crippen LogP contribution is 2.32. The van der Waals surface area contributed by atoms with E-state index < -0.39 is 0 Å². The Bertz CT molecular complexity index is 1030. The van der Waals surface area contributed by atoms with Crippen molar-refractivity contribution < 1.29 is 4.92 Å². The highest BCUT2D eigenvalue weighted by molar-refractivity contribution is 7.07. The summed E-state index contributed by atoms with van der Waals surface area (Å²) in [5, 5.41) is 13.4. The Balaban J connectivity index is 1.84. The Morgan fingerprint density at radius 3 is 2.62 bits per heavy atom. The van der Waals surface area contributed by atoms with Gasteiger partial charge in [0, 0.05) is 35.3 Å². The second-order valence-corrected chi connectivity index (χ2v) is 8.24. The van der Waals surface area contributed by atoms with E-state index in [0.29, 0.717) is 6.04 Å². The van der Waals surface area contributed by atoms with Crippen LogP contribution in [0.25, 0.3) is 11.3 Å². The van der Waals surface area contributed by atoms with Crippen LogP contribution in [0.4, 0.5) is 11.4 Å². The second kappa shape index (κ2) is 9.13. The maximum atomic E-state index is 11.3. The van der Waals surface area contributed by atoms with Crippen molar-refractivity contribution in [2.45, 2.75) is 51.0 Å². The molecule has 1 saturated carbocycles. The first-order chi connectivity index (χ1) is 14.2. The Labute approximate surface area is 173 Å². The maximum Gasteiger partial charge on any atom is 0.270 e. The molecule has 7 heteroatoms. The first-order valence-corrected chi connectivity index (χ1v) is 11.0. The summed E-state index contributed by atoms with van der Waals surface area (Å²) in [5.74, 6) is 0. The average Bonchev–Trinajstić information content (AvgIpc) is 3.12. The summed E-state index contributed by atoms with van der Waals surface area (Å²) in [4.78, 5) is 20.9. The largest absolute Gasteiger partial charge is 0.313 e. The number of aromatic nitrogens is 2. The van der Waals surface area contributed by atoms with E-state index >= 15 is 0 Å². The summed E-state index contributed by atoms with van der Waals surface area (Å²) >= 11 is 1.58. The highest BCUT2D eigenvalue weighted by Gasteiger charge is 2.20. The molecule has 1 aliphatic rings. The van der Waals surface area contributed by atoms with E-state index in [4.69, 9.17) is 4.99 Å². The molecule has 0 radical (unpaired) electrons. The fraction of sp³-hybridized carbons (Fsp3) is 0.364. The lowest BCUT2D eigenvalue weighted by Crippen LogP contribution is -2.22. The topological polar surface area (TPSA) is 73.3 Å². The van der Waals surface area contributed by atoms with Crippen LogP contribution < -0.4 is 4.80 Å². The predicted octanol–water partition coefficient (Wildman–Crippen LogP) is 6.04. The number of hydrogen-bond donors (Lipinski definition) is 0. The summed E-state index contributed by atoms with van der Waals surface area (Å²) in [7, 11) is 0. The number of benzene rings is 1. The number of hydrogen-bond acceptors (Lipinski definition) is 5. The van der Waals surface area contributed by atoms with Gasteiger partial charge < -0.3 is 4.57 Å². The number of rotatable bonds is 4. The molecule has 0 spiro atoms. The smallest absolute Gasteiger partial charge is 0.270 e. The van der Waals surface area contributed by atoms with Gasteiger partial charge in [0.15, 0.2) is 4.80 Å². The third kappa shape index (κ3) is 4.62. The molecule has 0 atom stereocenters. The third-order valence-corrected chi connectivity index (χ3v) is 6.24. The van der Waals surface area contributed by atoms with Gasteiger partial charge in [-0.1, -0.05) is 44.2 Å². The first-order valence-electron chi connectivity index (χ1n) is 10.1. The van der Waals surface area contributed by atoms with Crippen molar-refractivity contribution in [3.63, 3.8) is 0 Å². The normalized spacial score (nSPS) is 16.3. The highest BCUT2D eigenvalue weighted by atomic mass is 32.1. The Morgan fingerprint density at radius 2 is 1.90 bits per heavy atom. The molecule has 1 aromatic carbocycles. The molecule has 0 N–H and O–H groups in total. The minimum atomic E-state index is -0.336. The monoisotopic (exact) mass is 408 g/mol. The molecular weight excluding hydrogens is 384 g/mol. The summed E-state index contributed by atoms with van der Waals surface area (Å²) in [6.07, 6.45) is 12.0. The Morgan fingerprint density at radius 1 is 1.10 bits per heavy atom. The van der Waals surface area contributed by atoms with Gasteiger partial charge >= 0.3 is 0 Å². The van der Waals surface area contributed by atoms with E-state index in [1.165, 1.54) is 38.2 Å².